The molecule has 0 fully saturated rings. The topological polar surface area (TPSA) is 111 Å². The number of hydrazone groups is 1. The highest BCUT2D eigenvalue weighted by atomic mass is 32.2. The molecule has 0 radical (unpaired) electrons. The van der Waals surface area contributed by atoms with Crippen LogP contribution in [0.15, 0.2) is 57.4 Å². The van der Waals surface area contributed by atoms with Crippen molar-refractivity contribution in [3.05, 3.63) is 64.0 Å². The molecule has 0 saturated carbocycles. The number of nitrogens with one attached hydrogen (secondary N) is 1. The molecule has 0 aliphatic carbocycles. The summed E-state index contributed by atoms with van der Waals surface area (Å²) in [6.45, 7) is 0. The molecule has 3 N–H and O–H groups in total. The molecule has 0 atom stereocenters. The lowest BCUT2D eigenvalue weighted by Gasteiger charge is -2.04. The Bertz CT molecular complexity index is 765. The quantitative estimate of drug-likeness (QED) is 0.497. The first-order valence-corrected chi connectivity index (χ1v) is 7.08. The van der Waals surface area contributed by atoms with Gasteiger partial charge < -0.3 is 5.73 Å². The maximum Gasteiger partial charge on any atom is 0.332 e. The van der Waals surface area contributed by atoms with E-state index in [1.165, 1.54) is 36.5 Å². The van der Waals surface area contributed by atoms with Crippen molar-refractivity contribution in [3.63, 3.8) is 0 Å². The van der Waals surface area contributed by atoms with Gasteiger partial charge in [0.15, 0.2) is 0 Å². The summed E-state index contributed by atoms with van der Waals surface area (Å²) in [4.78, 5) is 22.3. The minimum Gasteiger partial charge on any atom is -0.350 e. The molecule has 0 aliphatic rings. The number of nitro groups is 1. The molecule has 0 bridgehead atoms. The fourth-order valence-corrected chi connectivity index (χ4v) is 2.54. The highest BCUT2D eigenvalue weighted by Crippen LogP contribution is 2.35. The second-order valence-corrected chi connectivity index (χ2v) is 5.39. The number of rotatable bonds is 5. The van der Waals surface area contributed by atoms with Gasteiger partial charge in [-0.3, -0.25) is 10.1 Å². The van der Waals surface area contributed by atoms with E-state index in [2.05, 4.69) is 5.10 Å². The van der Waals surface area contributed by atoms with Crippen LogP contribution in [0.2, 0.25) is 0 Å². The summed E-state index contributed by atoms with van der Waals surface area (Å²) in [5.41, 5.74) is 7.16. The SMILES string of the molecule is NC(=O)NN=Cc1ccc(Sc2ccc(F)cc2)c([N+](=O)[O-])c1. The Hall–Kier alpha value is -2.94. The molecule has 0 aromatic heterocycles. The summed E-state index contributed by atoms with van der Waals surface area (Å²) >= 11 is 1.15. The molecule has 0 aliphatic heterocycles. The molecule has 2 amide bonds. The van der Waals surface area contributed by atoms with E-state index < -0.39 is 11.0 Å². The number of carbonyl (C=O) groups is 1. The van der Waals surface area contributed by atoms with Crippen LogP contribution in [-0.4, -0.2) is 17.2 Å². The van der Waals surface area contributed by atoms with Gasteiger partial charge in [-0.25, -0.2) is 14.6 Å². The van der Waals surface area contributed by atoms with Crippen LogP contribution in [0.4, 0.5) is 14.9 Å². The van der Waals surface area contributed by atoms with E-state index in [-0.39, 0.29) is 11.5 Å². The second-order valence-electron chi connectivity index (χ2n) is 4.27. The standard InChI is InChI=1S/C14H11FN4O3S/c15-10-2-4-11(5-3-10)23-13-6-1-9(7-12(13)19(21)22)8-17-18-14(16)20/h1-8H,(H3,16,18,20). The van der Waals surface area contributed by atoms with Gasteiger partial charge in [0.1, 0.15) is 5.82 Å². The molecular weight excluding hydrogens is 323 g/mol. The Morgan fingerprint density at radius 2 is 2.00 bits per heavy atom. The van der Waals surface area contributed by atoms with Gasteiger partial charge in [0.2, 0.25) is 0 Å². The van der Waals surface area contributed by atoms with Crippen molar-refractivity contribution in [1.82, 2.24) is 5.43 Å². The maximum absolute atomic E-state index is 12.9. The van der Waals surface area contributed by atoms with Crippen molar-refractivity contribution in [2.45, 2.75) is 9.79 Å². The Balaban J connectivity index is 2.25. The number of carbonyl (C=O) groups excluding carboxylic acids is 1. The van der Waals surface area contributed by atoms with Gasteiger partial charge in [-0.1, -0.05) is 17.8 Å². The van der Waals surface area contributed by atoms with Crippen LogP contribution in [0.1, 0.15) is 5.56 Å². The molecule has 118 valence electrons. The van der Waals surface area contributed by atoms with Crippen LogP contribution in [0.5, 0.6) is 0 Å². The average molecular weight is 334 g/mol. The Labute approximate surface area is 134 Å². The highest BCUT2D eigenvalue weighted by molar-refractivity contribution is 7.99. The summed E-state index contributed by atoms with van der Waals surface area (Å²) < 4.78 is 12.9. The summed E-state index contributed by atoms with van der Waals surface area (Å²) in [6, 6.07) is 9.28. The van der Waals surface area contributed by atoms with Gasteiger partial charge >= 0.3 is 6.03 Å². The predicted octanol–water partition coefficient (Wildman–Crippen LogP) is 2.89. The first-order valence-electron chi connectivity index (χ1n) is 6.26. The zero-order valence-electron chi connectivity index (χ0n) is 11.6. The zero-order valence-corrected chi connectivity index (χ0v) is 12.4. The molecule has 2 aromatic carbocycles. The largest absolute Gasteiger partial charge is 0.350 e. The second kappa shape index (κ2) is 7.36. The van der Waals surface area contributed by atoms with E-state index in [0.29, 0.717) is 15.4 Å². The molecule has 2 rings (SSSR count). The number of nitrogens with zero attached hydrogens (tertiary/aromatic N) is 2. The minimum absolute atomic E-state index is 0.123. The maximum atomic E-state index is 12.9. The number of urea groups is 1. The summed E-state index contributed by atoms with van der Waals surface area (Å²) in [7, 11) is 0. The minimum atomic E-state index is -0.834. The Kier molecular flexibility index (Phi) is 5.26. The molecule has 23 heavy (non-hydrogen) atoms. The zero-order chi connectivity index (χ0) is 16.8. The third-order valence-electron chi connectivity index (χ3n) is 2.61. The van der Waals surface area contributed by atoms with Crippen LogP contribution >= 0.6 is 11.8 Å². The molecule has 7 nitrogen and oxygen atoms in total. The van der Waals surface area contributed by atoms with Crippen LogP contribution < -0.4 is 11.2 Å². The normalized spacial score (nSPS) is 10.7. The van der Waals surface area contributed by atoms with Crippen molar-refractivity contribution in [2.75, 3.05) is 0 Å². The Morgan fingerprint density at radius 3 is 2.61 bits per heavy atom. The van der Waals surface area contributed by atoms with Crippen molar-refractivity contribution in [1.29, 1.82) is 0 Å². The summed E-state index contributed by atoms with van der Waals surface area (Å²) in [5.74, 6) is -0.377. The third-order valence-corrected chi connectivity index (χ3v) is 3.68. The number of primary amides is 1. The summed E-state index contributed by atoms with van der Waals surface area (Å²) in [5, 5.41) is 14.7. The molecule has 2 aromatic rings. The van der Waals surface area contributed by atoms with Crippen molar-refractivity contribution < 1.29 is 14.1 Å². The number of benzene rings is 2. The van der Waals surface area contributed by atoms with Gasteiger partial charge in [-0.2, -0.15) is 5.10 Å². The van der Waals surface area contributed by atoms with Crippen molar-refractivity contribution in [3.8, 4) is 0 Å². The van der Waals surface area contributed by atoms with Gasteiger partial charge in [-0.15, -0.1) is 0 Å². The molecule has 0 unspecified atom stereocenters. The van der Waals surface area contributed by atoms with E-state index >= 15 is 0 Å². The van der Waals surface area contributed by atoms with E-state index in [4.69, 9.17) is 5.73 Å². The van der Waals surface area contributed by atoms with Crippen molar-refractivity contribution >= 4 is 29.7 Å². The number of hydrogen-bond acceptors (Lipinski definition) is 5. The average Bonchev–Trinajstić information content (AvgIpc) is 2.50. The Morgan fingerprint density at radius 1 is 1.30 bits per heavy atom. The van der Waals surface area contributed by atoms with E-state index in [1.54, 1.807) is 12.1 Å². The van der Waals surface area contributed by atoms with Crippen LogP contribution in [0.3, 0.4) is 0 Å². The lowest BCUT2D eigenvalue weighted by Crippen LogP contribution is -2.24. The third kappa shape index (κ3) is 4.78. The number of hydrogen-bond donors (Lipinski definition) is 2. The molecular formula is C14H11FN4O3S. The lowest BCUT2D eigenvalue weighted by atomic mass is 10.2. The van der Waals surface area contributed by atoms with E-state index in [9.17, 15) is 19.3 Å². The van der Waals surface area contributed by atoms with Gasteiger partial charge in [0.05, 0.1) is 16.0 Å². The van der Waals surface area contributed by atoms with Crippen LogP contribution in [0.25, 0.3) is 0 Å². The first-order chi connectivity index (χ1) is 11.0. The molecule has 0 saturated heterocycles. The van der Waals surface area contributed by atoms with Crippen LogP contribution in [0, 0.1) is 15.9 Å². The fourth-order valence-electron chi connectivity index (χ4n) is 1.64. The van der Waals surface area contributed by atoms with E-state index in [1.807, 2.05) is 5.43 Å². The van der Waals surface area contributed by atoms with Gasteiger partial charge in [0, 0.05) is 16.5 Å². The highest BCUT2D eigenvalue weighted by Gasteiger charge is 2.15. The number of halogens is 1. The summed E-state index contributed by atoms with van der Waals surface area (Å²) in [6.07, 6.45) is 1.24. The fraction of sp³-hybridized carbons (Fsp3) is 0. The van der Waals surface area contributed by atoms with Gasteiger partial charge in [0.25, 0.3) is 5.69 Å². The van der Waals surface area contributed by atoms with Crippen LogP contribution in [-0.2, 0) is 0 Å². The number of amides is 2. The predicted molar refractivity (Wildman–Crippen MR) is 83.9 cm³/mol. The number of nitro benzene ring substituents is 1. The smallest absolute Gasteiger partial charge is 0.332 e. The molecule has 9 heteroatoms. The van der Waals surface area contributed by atoms with Gasteiger partial charge in [-0.05, 0) is 30.3 Å². The van der Waals surface area contributed by atoms with E-state index in [0.717, 1.165) is 11.8 Å². The first kappa shape index (κ1) is 16.4. The number of nitrogens with two attached hydrogens (primary N) is 1. The monoisotopic (exact) mass is 334 g/mol. The van der Waals surface area contributed by atoms with Crippen molar-refractivity contribution in [2.24, 2.45) is 10.8 Å². The lowest BCUT2D eigenvalue weighted by molar-refractivity contribution is -0.387. The molecule has 0 spiro atoms. The molecule has 0 heterocycles.